The zero-order chi connectivity index (χ0) is 17.8. The third-order valence-electron chi connectivity index (χ3n) is 4.31. The molecular formula is C18H21NO5S. The number of rotatable bonds is 5. The number of thiophene rings is 1. The number of methoxy groups -OCH3 is 2. The molecule has 1 amide bonds. The highest BCUT2D eigenvalue weighted by Gasteiger charge is 2.37. The van der Waals surface area contributed by atoms with Gasteiger partial charge in [0.15, 0.2) is 11.5 Å². The van der Waals surface area contributed by atoms with Gasteiger partial charge in [0.25, 0.3) is 5.91 Å². The van der Waals surface area contributed by atoms with Crippen LogP contribution in [0.25, 0.3) is 0 Å². The van der Waals surface area contributed by atoms with Crippen LogP contribution in [0, 0.1) is 0 Å². The van der Waals surface area contributed by atoms with Gasteiger partial charge in [-0.05, 0) is 29.1 Å². The van der Waals surface area contributed by atoms with Crippen LogP contribution >= 0.6 is 11.3 Å². The first-order valence-electron chi connectivity index (χ1n) is 7.97. The van der Waals surface area contributed by atoms with Crippen molar-refractivity contribution in [3.63, 3.8) is 0 Å². The number of benzene rings is 1. The van der Waals surface area contributed by atoms with E-state index in [9.17, 15) is 9.90 Å². The summed E-state index contributed by atoms with van der Waals surface area (Å²) in [4.78, 5) is 14.7. The molecule has 1 aliphatic heterocycles. The number of hydrogen-bond acceptors (Lipinski definition) is 6. The minimum absolute atomic E-state index is 0.0669. The summed E-state index contributed by atoms with van der Waals surface area (Å²) >= 11 is 1.48. The van der Waals surface area contributed by atoms with Gasteiger partial charge in [0.05, 0.1) is 39.0 Å². The van der Waals surface area contributed by atoms with E-state index in [0.29, 0.717) is 30.2 Å². The van der Waals surface area contributed by atoms with E-state index in [-0.39, 0.29) is 12.5 Å². The predicted octanol–water partition coefficient (Wildman–Crippen LogP) is 2.34. The monoisotopic (exact) mass is 363 g/mol. The van der Waals surface area contributed by atoms with E-state index in [1.54, 1.807) is 25.2 Å². The Morgan fingerprint density at radius 1 is 1.32 bits per heavy atom. The molecule has 0 saturated carbocycles. The number of hydrogen-bond donors (Lipinski definition) is 1. The molecule has 2 heterocycles. The van der Waals surface area contributed by atoms with Crippen LogP contribution in [0.4, 0.5) is 0 Å². The van der Waals surface area contributed by atoms with Gasteiger partial charge < -0.3 is 24.2 Å². The van der Waals surface area contributed by atoms with Crippen molar-refractivity contribution in [2.45, 2.75) is 12.1 Å². The van der Waals surface area contributed by atoms with E-state index < -0.39 is 12.1 Å². The van der Waals surface area contributed by atoms with Gasteiger partial charge in [-0.15, -0.1) is 0 Å². The highest BCUT2D eigenvalue weighted by Crippen LogP contribution is 2.36. The standard InChI is InChI=1S/C18H21NO5S/c1-22-14-4-3-12(9-15(14)23-2)17-16(10-20)24-7-6-19(17)18(21)13-5-8-25-11-13/h3-5,8-9,11,16-17,20H,6-7,10H2,1-2H3/t16-,17-/m1/s1. The SMILES string of the molecule is COc1ccc([C@@H]2[C@@H](CO)OCCN2C(=O)c2ccsc2)cc1OC. The van der Waals surface area contributed by atoms with Crippen molar-refractivity contribution in [1.82, 2.24) is 4.90 Å². The van der Waals surface area contributed by atoms with Crippen molar-refractivity contribution >= 4 is 17.2 Å². The molecule has 0 spiro atoms. The third kappa shape index (κ3) is 3.49. The van der Waals surface area contributed by atoms with Crippen LogP contribution in [-0.4, -0.2) is 56.0 Å². The minimum atomic E-state index is -0.491. The lowest BCUT2D eigenvalue weighted by atomic mass is 9.97. The lowest BCUT2D eigenvalue weighted by Crippen LogP contribution is -2.49. The van der Waals surface area contributed by atoms with Crippen molar-refractivity contribution in [1.29, 1.82) is 0 Å². The summed E-state index contributed by atoms with van der Waals surface area (Å²) in [5.41, 5.74) is 1.48. The molecule has 7 heteroatoms. The Kier molecular flexibility index (Phi) is 5.57. The molecular weight excluding hydrogens is 342 g/mol. The molecule has 1 fully saturated rings. The van der Waals surface area contributed by atoms with Crippen LogP contribution in [0.1, 0.15) is 22.0 Å². The van der Waals surface area contributed by atoms with E-state index in [1.165, 1.54) is 11.3 Å². The first kappa shape index (κ1) is 17.7. The Bertz CT molecular complexity index is 718. The van der Waals surface area contributed by atoms with E-state index in [4.69, 9.17) is 14.2 Å². The molecule has 0 radical (unpaired) electrons. The molecule has 134 valence electrons. The molecule has 1 N–H and O–H groups in total. The average molecular weight is 363 g/mol. The molecule has 1 aromatic carbocycles. The fourth-order valence-corrected chi connectivity index (χ4v) is 3.73. The Morgan fingerprint density at radius 3 is 2.76 bits per heavy atom. The second-order valence-electron chi connectivity index (χ2n) is 5.66. The van der Waals surface area contributed by atoms with Crippen LogP contribution in [-0.2, 0) is 4.74 Å². The lowest BCUT2D eigenvalue weighted by Gasteiger charge is -2.41. The second-order valence-corrected chi connectivity index (χ2v) is 6.44. The number of amides is 1. The molecule has 2 aromatic rings. The molecule has 3 rings (SSSR count). The normalized spacial score (nSPS) is 20.4. The van der Waals surface area contributed by atoms with E-state index >= 15 is 0 Å². The highest BCUT2D eigenvalue weighted by atomic mass is 32.1. The fraction of sp³-hybridized carbons (Fsp3) is 0.389. The van der Waals surface area contributed by atoms with Crippen LogP contribution in [0.5, 0.6) is 11.5 Å². The summed E-state index contributed by atoms with van der Waals surface area (Å²) in [7, 11) is 3.14. The van der Waals surface area contributed by atoms with Gasteiger partial charge in [-0.25, -0.2) is 0 Å². The van der Waals surface area contributed by atoms with Gasteiger partial charge in [0.1, 0.15) is 6.10 Å². The topological polar surface area (TPSA) is 68.2 Å². The molecule has 6 nitrogen and oxygen atoms in total. The van der Waals surface area contributed by atoms with E-state index in [1.807, 2.05) is 29.0 Å². The van der Waals surface area contributed by atoms with Crippen LogP contribution in [0.2, 0.25) is 0 Å². The molecule has 1 aromatic heterocycles. The first-order valence-corrected chi connectivity index (χ1v) is 8.91. The van der Waals surface area contributed by atoms with Gasteiger partial charge in [0, 0.05) is 11.9 Å². The number of ether oxygens (including phenoxy) is 3. The Hall–Kier alpha value is -2.09. The number of aliphatic hydroxyl groups excluding tert-OH is 1. The first-order chi connectivity index (χ1) is 12.2. The van der Waals surface area contributed by atoms with Gasteiger partial charge in [-0.2, -0.15) is 11.3 Å². The average Bonchev–Trinajstić information content (AvgIpc) is 3.20. The molecule has 0 bridgehead atoms. The summed E-state index contributed by atoms with van der Waals surface area (Å²) in [6.45, 7) is 0.682. The fourth-order valence-electron chi connectivity index (χ4n) is 3.10. The minimum Gasteiger partial charge on any atom is -0.493 e. The summed E-state index contributed by atoms with van der Waals surface area (Å²) in [5.74, 6) is 1.12. The zero-order valence-electron chi connectivity index (χ0n) is 14.2. The van der Waals surface area contributed by atoms with Crippen molar-refractivity contribution in [3.8, 4) is 11.5 Å². The highest BCUT2D eigenvalue weighted by molar-refractivity contribution is 7.08. The van der Waals surface area contributed by atoms with Gasteiger partial charge >= 0.3 is 0 Å². The number of morpholine rings is 1. The van der Waals surface area contributed by atoms with Gasteiger partial charge in [-0.1, -0.05) is 6.07 Å². The molecule has 0 aliphatic carbocycles. The van der Waals surface area contributed by atoms with Crippen molar-refractivity contribution in [3.05, 3.63) is 46.2 Å². The van der Waals surface area contributed by atoms with Gasteiger partial charge in [0.2, 0.25) is 0 Å². The molecule has 0 unspecified atom stereocenters. The molecule has 2 atom stereocenters. The van der Waals surface area contributed by atoms with Crippen molar-refractivity contribution in [2.75, 3.05) is 34.0 Å². The van der Waals surface area contributed by atoms with Crippen molar-refractivity contribution in [2.24, 2.45) is 0 Å². The van der Waals surface area contributed by atoms with Crippen LogP contribution in [0.15, 0.2) is 35.0 Å². The summed E-state index contributed by atoms with van der Waals surface area (Å²) in [5, 5.41) is 13.5. The smallest absolute Gasteiger partial charge is 0.255 e. The number of nitrogens with zero attached hydrogens (tertiary/aromatic N) is 1. The number of carbonyl (C=O) groups is 1. The maximum Gasteiger partial charge on any atom is 0.255 e. The zero-order valence-corrected chi connectivity index (χ0v) is 15.0. The van der Waals surface area contributed by atoms with Crippen molar-refractivity contribution < 1.29 is 24.1 Å². The van der Waals surface area contributed by atoms with Crippen LogP contribution < -0.4 is 9.47 Å². The van der Waals surface area contributed by atoms with E-state index in [0.717, 1.165) is 5.56 Å². The summed E-state index contributed by atoms with van der Waals surface area (Å²) in [6, 6.07) is 6.91. The molecule has 1 saturated heterocycles. The maximum absolute atomic E-state index is 12.9. The second kappa shape index (κ2) is 7.86. The Morgan fingerprint density at radius 2 is 2.12 bits per heavy atom. The number of aliphatic hydroxyl groups is 1. The Balaban J connectivity index is 1.99. The van der Waals surface area contributed by atoms with E-state index in [2.05, 4.69) is 0 Å². The molecule has 25 heavy (non-hydrogen) atoms. The summed E-state index contributed by atoms with van der Waals surface area (Å²) in [6.07, 6.45) is -0.491. The van der Waals surface area contributed by atoms with Gasteiger partial charge in [-0.3, -0.25) is 4.79 Å². The molecule has 1 aliphatic rings. The predicted molar refractivity (Wildman–Crippen MR) is 94.5 cm³/mol. The maximum atomic E-state index is 12.9. The largest absolute Gasteiger partial charge is 0.493 e. The third-order valence-corrected chi connectivity index (χ3v) is 4.99. The van der Waals surface area contributed by atoms with Crippen LogP contribution in [0.3, 0.4) is 0 Å². The quantitative estimate of drug-likeness (QED) is 0.883. The lowest BCUT2D eigenvalue weighted by molar-refractivity contribution is -0.0811. The number of carbonyl (C=O) groups excluding carboxylic acids is 1. The summed E-state index contributed by atoms with van der Waals surface area (Å²) < 4.78 is 16.4. The Labute approximate surface area is 150 Å².